The van der Waals surface area contributed by atoms with Crippen molar-refractivity contribution < 1.29 is 4.79 Å². The molecule has 19 heavy (non-hydrogen) atoms. The van der Waals surface area contributed by atoms with Crippen LogP contribution in [0.5, 0.6) is 0 Å². The van der Waals surface area contributed by atoms with E-state index in [2.05, 4.69) is 10.1 Å². The number of rotatable bonds is 3. The van der Waals surface area contributed by atoms with E-state index in [4.69, 9.17) is 0 Å². The first-order valence-corrected chi connectivity index (χ1v) is 7.32. The molecule has 0 bridgehead atoms. The molecule has 1 atom stereocenters. The van der Waals surface area contributed by atoms with Gasteiger partial charge in [-0.1, -0.05) is 0 Å². The molecule has 3 heterocycles. The van der Waals surface area contributed by atoms with Crippen LogP contribution in [0.15, 0.2) is 23.8 Å². The van der Waals surface area contributed by atoms with Gasteiger partial charge in [0.15, 0.2) is 0 Å². The normalized spacial score (nSPS) is 19.0. The first kappa shape index (κ1) is 12.3. The lowest BCUT2D eigenvalue weighted by Crippen LogP contribution is -2.38. The summed E-state index contributed by atoms with van der Waals surface area (Å²) in [4.78, 5) is 18.7. The van der Waals surface area contributed by atoms with Gasteiger partial charge in [-0.2, -0.15) is 5.10 Å². The minimum atomic E-state index is 0.0546. The van der Waals surface area contributed by atoms with Gasteiger partial charge in [0, 0.05) is 24.3 Å². The zero-order valence-electron chi connectivity index (χ0n) is 10.8. The van der Waals surface area contributed by atoms with Gasteiger partial charge < -0.3 is 4.90 Å². The van der Waals surface area contributed by atoms with Crippen molar-refractivity contribution in [2.24, 2.45) is 0 Å². The molecule has 100 valence electrons. The highest BCUT2D eigenvalue weighted by molar-refractivity contribution is 7.09. The molecule has 1 aliphatic heterocycles. The molecule has 1 unspecified atom stereocenters. The zero-order chi connectivity index (χ0) is 13.2. The Hall–Kier alpha value is -1.69. The summed E-state index contributed by atoms with van der Waals surface area (Å²) in [5, 5.41) is 7.00. The largest absolute Gasteiger partial charge is 0.332 e. The summed E-state index contributed by atoms with van der Waals surface area (Å²) in [6.45, 7) is 3.51. The third-order valence-electron chi connectivity index (χ3n) is 3.43. The fraction of sp³-hybridized carbons (Fsp3) is 0.462. The van der Waals surface area contributed by atoms with Gasteiger partial charge in [0.1, 0.15) is 5.69 Å². The lowest BCUT2D eigenvalue weighted by Gasteiger charge is -2.23. The van der Waals surface area contributed by atoms with Gasteiger partial charge in [-0.05, 0) is 25.8 Å². The van der Waals surface area contributed by atoms with Crippen LogP contribution in [0, 0.1) is 6.92 Å². The molecule has 1 fully saturated rings. The maximum atomic E-state index is 12.4. The maximum absolute atomic E-state index is 12.4. The summed E-state index contributed by atoms with van der Waals surface area (Å²) in [5.41, 5.74) is 0.579. The average Bonchev–Trinajstić information content (AvgIpc) is 3.10. The molecule has 0 saturated carbocycles. The van der Waals surface area contributed by atoms with Gasteiger partial charge in [0.2, 0.25) is 0 Å². The van der Waals surface area contributed by atoms with E-state index in [0.717, 1.165) is 30.9 Å². The summed E-state index contributed by atoms with van der Waals surface area (Å²) in [6.07, 6.45) is 5.80. The number of amides is 1. The molecule has 2 aromatic heterocycles. The SMILES string of the molecule is Cc1nc(C(=O)N2CCCC2Cn2cccn2)cs1. The van der Waals surface area contributed by atoms with Gasteiger partial charge in [-0.3, -0.25) is 9.48 Å². The van der Waals surface area contributed by atoms with Gasteiger partial charge in [0.05, 0.1) is 17.6 Å². The number of aromatic nitrogens is 3. The second-order valence-electron chi connectivity index (χ2n) is 4.77. The van der Waals surface area contributed by atoms with Crippen LogP contribution in [-0.4, -0.2) is 38.2 Å². The molecule has 5 nitrogen and oxygen atoms in total. The Bertz CT molecular complexity index is 563. The van der Waals surface area contributed by atoms with E-state index in [1.165, 1.54) is 11.3 Å². The van der Waals surface area contributed by atoms with Crippen molar-refractivity contribution in [2.45, 2.75) is 32.4 Å². The molecule has 0 spiro atoms. The maximum Gasteiger partial charge on any atom is 0.273 e. The van der Waals surface area contributed by atoms with Gasteiger partial charge in [-0.25, -0.2) is 4.98 Å². The molecular weight excluding hydrogens is 260 g/mol. The Balaban J connectivity index is 1.74. The topological polar surface area (TPSA) is 51.0 Å². The molecule has 0 N–H and O–H groups in total. The Morgan fingerprint density at radius 3 is 3.16 bits per heavy atom. The van der Waals surface area contributed by atoms with Crippen LogP contribution in [0.2, 0.25) is 0 Å². The van der Waals surface area contributed by atoms with Crippen molar-refractivity contribution in [3.63, 3.8) is 0 Å². The molecule has 0 aliphatic carbocycles. The molecule has 1 amide bonds. The van der Waals surface area contributed by atoms with Crippen LogP contribution in [0.4, 0.5) is 0 Å². The Morgan fingerprint density at radius 1 is 1.58 bits per heavy atom. The third-order valence-corrected chi connectivity index (χ3v) is 4.21. The molecular formula is C13H16N4OS. The second kappa shape index (κ2) is 5.13. The number of thiazole rings is 1. The van der Waals surface area contributed by atoms with Gasteiger partial charge in [-0.15, -0.1) is 11.3 Å². The van der Waals surface area contributed by atoms with E-state index >= 15 is 0 Å². The smallest absolute Gasteiger partial charge is 0.273 e. The number of carbonyl (C=O) groups is 1. The number of likely N-dealkylation sites (tertiary alicyclic amines) is 1. The lowest BCUT2D eigenvalue weighted by atomic mass is 10.2. The summed E-state index contributed by atoms with van der Waals surface area (Å²) in [5.74, 6) is 0.0546. The third kappa shape index (κ3) is 2.53. The van der Waals surface area contributed by atoms with Crippen molar-refractivity contribution in [1.82, 2.24) is 19.7 Å². The quantitative estimate of drug-likeness (QED) is 0.861. The number of hydrogen-bond donors (Lipinski definition) is 0. The van der Waals surface area contributed by atoms with Crippen LogP contribution in [0.3, 0.4) is 0 Å². The predicted molar refractivity (Wildman–Crippen MR) is 73.1 cm³/mol. The zero-order valence-corrected chi connectivity index (χ0v) is 11.6. The first-order chi connectivity index (χ1) is 9.24. The van der Waals surface area contributed by atoms with E-state index < -0.39 is 0 Å². The predicted octanol–water partition coefficient (Wildman–Crippen LogP) is 1.95. The average molecular weight is 276 g/mol. The van der Waals surface area contributed by atoms with E-state index in [0.29, 0.717) is 5.69 Å². The molecule has 6 heteroatoms. The summed E-state index contributed by atoms with van der Waals surface area (Å²) in [6, 6.07) is 2.14. The van der Waals surface area contributed by atoms with Crippen molar-refractivity contribution in [3.05, 3.63) is 34.5 Å². The fourth-order valence-corrected chi connectivity index (χ4v) is 3.11. The molecule has 0 aromatic carbocycles. The van der Waals surface area contributed by atoms with Crippen molar-refractivity contribution in [3.8, 4) is 0 Å². The van der Waals surface area contributed by atoms with E-state index in [1.807, 2.05) is 34.1 Å². The highest BCUT2D eigenvalue weighted by atomic mass is 32.1. The van der Waals surface area contributed by atoms with E-state index in [-0.39, 0.29) is 11.9 Å². The monoisotopic (exact) mass is 276 g/mol. The van der Waals surface area contributed by atoms with Crippen LogP contribution in [0.25, 0.3) is 0 Å². The highest BCUT2D eigenvalue weighted by Gasteiger charge is 2.30. The first-order valence-electron chi connectivity index (χ1n) is 6.44. The number of aryl methyl sites for hydroxylation is 1. The second-order valence-corrected chi connectivity index (χ2v) is 5.84. The van der Waals surface area contributed by atoms with Crippen LogP contribution in [-0.2, 0) is 6.54 Å². The standard InChI is InChI=1S/C13H16N4OS/c1-10-15-12(9-19-10)13(18)17-7-2-4-11(17)8-16-6-3-5-14-16/h3,5-6,9,11H,2,4,7-8H2,1H3. The number of carbonyl (C=O) groups excluding carboxylic acids is 1. The minimum absolute atomic E-state index is 0.0546. The highest BCUT2D eigenvalue weighted by Crippen LogP contribution is 2.22. The molecule has 0 radical (unpaired) electrons. The lowest BCUT2D eigenvalue weighted by molar-refractivity contribution is 0.0716. The molecule has 1 aliphatic rings. The fourth-order valence-electron chi connectivity index (χ4n) is 2.53. The number of hydrogen-bond acceptors (Lipinski definition) is 4. The van der Waals surface area contributed by atoms with Crippen LogP contribution in [0.1, 0.15) is 28.3 Å². The van der Waals surface area contributed by atoms with Gasteiger partial charge >= 0.3 is 0 Å². The van der Waals surface area contributed by atoms with E-state index in [9.17, 15) is 4.79 Å². The Labute approximate surface area is 115 Å². The Kier molecular flexibility index (Phi) is 3.33. The summed E-state index contributed by atoms with van der Waals surface area (Å²) in [7, 11) is 0. The van der Waals surface area contributed by atoms with Crippen LogP contribution < -0.4 is 0 Å². The molecule has 1 saturated heterocycles. The minimum Gasteiger partial charge on any atom is -0.332 e. The summed E-state index contributed by atoms with van der Waals surface area (Å²) >= 11 is 1.52. The van der Waals surface area contributed by atoms with E-state index in [1.54, 1.807) is 6.20 Å². The molecule has 3 rings (SSSR count). The molecule has 2 aromatic rings. The van der Waals surface area contributed by atoms with Crippen molar-refractivity contribution in [2.75, 3.05) is 6.54 Å². The van der Waals surface area contributed by atoms with Crippen molar-refractivity contribution >= 4 is 17.2 Å². The number of nitrogens with zero attached hydrogens (tertiary/aromatic N) is 4. The van der Waals surface area contributed by atoms with Crippen LogP contribution >= 0.6 is 11.3 Å². The Morgan fingerprint density at radius 2 is 2.47 bits per heavy atom. The summed E-state index contributed by atoms with van der Waals surface area (Å²) < 4.78 is 1.89. The van der Waals surface area contributed by atoms with Crippen molar-refractivity contribution in [1.29, 1.82) is 0 Å². The van der Waals surface area contributed by atoms with Gasteiger partial charge in [0.25, 0.3) is 5.91 Å².